The minimum atomic E-state index is -0.935. The van der Waals surface area contributed by atoms with E-state index in [2.05, 4.69) is 17.9 Å². The van der Waals surface area contributed by atoms with Gasteiger partial charge in [-0.1, -0.05) is 49.6 Å². The highest BCUT2D eigenvalue weighted by molar-refractivity contribution is 5.84. The fraction of sp³-hybridized carbons (Fsp3) is 0.143. The summed E-state index contributed by atoms with van der Waals surface area (Å²) in [7, 11) is 0. The molecule has 4 heteroatoms. The Morgan fingerprint density at radius 3 is 1.39 bits per heavy atom. The Balaban J connectivity index is 0. The number of carboxylic acids is 1. The van der Waals surface area contributed by atoms with Crippen molar-refractivity contribution >= 4 is 11.9 Å². The lowest BCUT2D eigenvalue weighted by Crippen LogP contribution is -1.92. The van der Waals surface area contributed by atoms with E-state index in [0.717, 1.165) is 6.26 Å². The lowest BCUT2D eigenvalue weighted by Gasteiger charge is -1.83. The van der Waals surface area contributed by atoms with E-state index in [1.807, 2.05) is 36.4 Å². The molecule has 0 saturated heterocycles. The Bertz CT molecular complexity index is 330. The third-order valence-corrected chi connectivity index (χ3v) is 1.28. The summed E-state index contributed by atoms with van der Waals surface area (Å²) in [6.07, 6.45) is 1.10. The van der Waals surface area contributed by atoms with E-state index in [9.17, 15) is 9.59 Å². The average molecular weight is 250 g/mol. The molecule has 0 spiro atoms. The molecule has 0 amide bonds. The highest BCUT2D eigenvalue weighted by atomic mass is 16.5. The lowest BCUT2D eigenvalue weighted by atomic mass is 10.4. The maximum atomic E-state index is 9.75. The normalized spacial score (nSPS) is 7.44. The number of benzene rings is 1. The molecule has 0 bridgehead atoms. The molecule has 0 aromatic heterocycles. The van der Waals surface area contributed by atoms with E-state index in [4.69, 9.17) is 5.11 Å². The number of hydrogen-bond acceptors (Lipinski definition) is 3. The van der Waals surface area contributed by atoms with Crippen molar-refractivity contribution in [3.8, 4) is 0 Å². The molecule has 0 saturated carbocycles. The first-order valence-corrected chi connectivity index (χ1v) is 5.08. The van der Waals surface area contributed by atoms with Gasteiger partial charge in [0, 0.05) is 12.5 Å². The average Bonchev–Trinajstić information content (AvgIpc) is 2.32. The van der Waals surface area contributed by atoms with Crippen LogP contribution in [0.25, 0.3) is 0 Å². The fourth-order valence-corrected chi connectivity index (χ4v) is 0.502. The molecular weight excluding hydrogens is 232 g/mol. The number of aliphatic carboxylic acids is 1. The summed E-state index contributed by atoms with van der Waals surface area (Å²) in [5.74, 6) is -1.26. The number of esters is 1. The molecule has 0 unspecified atom stereocenters. The molecular formula is C14H18O4. The summed E-state index contributed by atoms with van der Waals surface area (Å²) in [4.78, 5) is 19.3. The number of rotatable bonds is 2. The van der Waals surface area contributed by atoms with E-state index in [1.165, 1.54) is 13.8 Å². The summed E-state index contributed by atoms with van der Waals surface area (Å²) >= 11 is 0. The number of carboxylic acid groups (broad SMARTS) is 1. The second-order valence-corrected chi connectivity index (χ2v) is 3.02. The van der Waals surface area contributed by atoms with Gasteiger partial charge in [0.2, 0.25) is 0 Å². The molecule has 0 aliphatic carbocycles. The summed E-state index contributed by atoms with van der Waals surface area (Å²) in [6.45, 7) is 9.08. The zero-order valence-corrected chi connectivity index (χ0v) is 10.6. The lowest BCUT2D eigenvalue weighted by molar-refractivity contribution is -0.135. The SMILES string of the molecule is C=C(C)C(=O)O.C=COC(C)=O.c1ccccc1. The van der Waals surface area contributed by atoms with Gasteiger partial charge in [-0.15, -0.1) is 0 Å². The summed E-state index contributed by atoms with van der Waals surface area (Å²) < 4.78 is 4.17. The highest BCUT2D eigenvalue weighted by Crippen LogP contribution is 1.81. The molecule has 1 aromatic rings. The van der Waals surface area contributed by atoms with Gasteiger partial charge in [-0.2, -0.15) is 0 Å². The Labute approximate surface area is 107 Å². The smallest absolute Gasteiger partial charge is 0.330 e. The maximum absolute atomic E-state index is 9.75. The van der Waals surface area contributed by atoms with Crippen molar-refractivity contribution in [3.63, 3.8) is 0 Å². The van der Waals surface area contributed by atoms with Crippen molar-refractivity contribution in [2.75, 3.05) is 0 Å². The Morgan fingerprint density at radius 1 is 1.06 bits per heavy atom. The quantitative estimate of drug-likeness (QED) is 0.498. The van der Waals surface area contributed by atoms with E-state index < -0.39 is 5.97 Å². The number of ether oxygens (including phenoxy) is 1. The van der Waals surface area contributed by atoms with Gasteiger partial charge in [-0.3, -0.25) is 4.79 Å². The van der Waals surface area contributed by atoms with Crippen molar-refractivity contribution in [3.05, 3.63) is 61.4 Å². The summed E-state index contributed by atoms with van der Waals surface area (Å²) in [6, 6.07) is 12.0. The topological polar surface area (TPSA) is 63.6 Å². The zero-order valence-electron chi connectivity index (χ0n) is 10.6. The molecule has 0 atom stereocenters. The third kappa shape index (κ3) is 19.2. The van der Waals surface area contributed by atoms with Gasteiger partial charge in [0.25, 0.3) is 0 Å². The first kappa shape index (κ1) is 18.0. The van der Waals surface area contributed by atoms with E-state index in [0.29, 0.717) is 0 Å². The van der Waals surface area contributed by atoms with Crippen molar-refractivity contribution in [2.24, 2.45) is 0 Å². The van der Waals surface area contributed by atoms with E-state index in [-0.39, 0.29) is 11.5 Å². The predicted molar refractivity (Wildman–Crippen MR) is 70.9 cm³/mol. The monoisotopic (exact) mass is 250 g/mol. The van der Waals surface area contributed by atoms with Crippen LogP contribution < -0.4 is 0 Å². The second kappa shape index (κ2) is 12.7. The molecule has 1 N–H and O–H groups in total. The van der Waals surface area contributed by atoms with Gasteiger partial charge in [-0.05, 0) is 6.92 Å². The molecule has 0 aliphatic heterocycles. The number of carbonyl (C=O) groups excluding carboxylic acids is 1. The van der Waals surface area contributed by atoms with Crippen LogP contribution in [-0.4, -0.2) is 17.0 Å². The molecule has 4 nitrogen and oxygen atoms in total. The molecule has 18 heavy (non-hydrogen) atoms. The Morgan fingerprint density at radius 2 is 1.33 bits per heavy atom. The van der Waals surface area contributed by atoms with Crippen LogP contribution in [0.3, 0.4) is 0 Å². The van der Waals surface area contributed by atoms with Crippen molar-refractivity contribution in [2.45, 2.75) is 13.8 Å². The number of hydrogen-bond donors (Lipinski definition) is 1. The molecule has 0 radical (unpaired) electrons. The Kier molecular flexibility index (Phi) is 12.7. The van der Waals surface area contributed by atoms with Crippen LogP contribution in [0.2, 0.25) is 0 Å². The molecule has 1 aromatic carbocycles. The fourth-order valence-electron chi connectivity index (χ4n) is 0.502. The van der Waals surface area contributed by atoms with Crippen LogP contribution in [-0.2, 0) is 14.3 Å². The standard InChI is InChI=1S/C6H6.2C4H6O2/c1-2-4-6-5-3-1;1-3-6-4(2)5;1-3(2)4(5)6/h1-6H;3H,1H2,2H3;1H2,2H3,(H,5,6). The van der Waals surface area contributed by atoms with Crippen LogP contribution in [0.5, 0.6) is 0 Å². The van der Waals surface area contributed by atoms with Crippen LogP contribution in [0, 0.1) is 0 Å². The zero-order chi connectivity index (χ0) is 14.4. The van der Waals surface area contributed by atoms with Gasteiger partial charge in [0.15, 0.2) is 0 Å². The van der Waals surface area contributed by atoms with Gasteiger partial charge in [0.1, 0.15) is 0 Å². The minimum Gasteiger partial charge on any atom is -0.478 e. The van der Waals surface area contributed by atoms with Gasteiger partial charge in [-0.25, -0.2) is 4.79 Å². The number of carbonyl (C=O) groups is 2. The first-order chi connectivity index (χ1) is 8.41. The van der Waals surface area contributed by atoms with Crippen LogP contribution in [0.15, 0.2) is 61.4 Å². The predicted octanol–water partition coefficient (Wildman–Crippen LogP) is 3.03. The highest BCUT2D eigenvalue weighted by Gasteiger charge is 1.90. The first-order valence-electron chi connectivity index (χ1n) is 5.08. The van der Waals surface area contributed by atoms with Gasteiger partial charge < -0.3 is 9.84 Å². The third-order valence-electron chi connectivity index (χ3n) is 1.28. The second-order valence-electron chi connectivity index (χ2n) is 3.02. The Hall–Kier alpha value is -2.36. The van der Waals surface area contributed by atoms with Crippen LogP contribution in [0.4, 0.5) is 0 Å². The van der Waals surface area contributed by atoms with Crippen molar-refractivity contribution < 1.29 is 19.4 Å². The van der Waals surface area contributed by atoms with Crippen molar-refractivity contribution in [1.82, 2.24) is 0 Å². The van der Waals surface area contributed by atoms with Crippen LogP contribution in [0.1, 0.15) is 13.8 Å². The van der Waals surface area contributed by atoms with E-state index in [1.54, 1.807) is 0 Å². The van der Waals surface area contributed by atoms with Crippen molar-refractivity contribution in [1.29, 1.82) is 0 Å². The van der Waals surface area contributed by atoms with E-state index >= 15 is 0 Å². The molecule has 1 rings (SSSR count). The van der Waals surface area contributed by atoms with Crippen LogP contribution >= 0.6 is 0 Å². The largest absolute Gasteiger partial charge is 0.478 e. The molecule has 0 fully saturated rings. The van der Waals surface area contributed by atoms with Gasteiger partial charge in [0.05, 0.1) is 6.26 Å². The summed E-state index contributed by atoms with van der Waals surface area (Å²) in [5.41, 5.74) is 0.176. The minimum absolute atomic E-state index is 0.176. The van der Waals surface area contributed by atoms with Gasteiger partial charge >= 0.3 is 11.9 Å². The molecule has 98 valence electrons. The molecule has 0 heterocycles. The maximum Gasteiger partial charge on any atom is 0.330 e. The summed E-state index contributed by atoms with van der Waals surface area (Å²) in [5, 5.41) is 7.89. The molecule has 0 aliphatic rings.